The molecule has 122 valence electrons. The van der Waals surface area contributed by atoms with E-state index >= 15 is 0 Å². The van der Waals surface area contributed by atoms with Crippen LogP contribution < -0.4 is 5.32 Å². The van der Waals surface area contributed by atoms with Crippen molar-refractivity contribution in [3.8, 4) is 0 Å². The number of anilines is 1. The Balaban J connectivity index is 1.86. The van der Waals surface area contributed by atoms with Crippen molar-refractivity contribution in [1.82, 2.24) is 14.8 Å². The van der Waals surface area contributed by atoms with Gasteiger partial charge in [-0.05, 0) is 35.9 Å². The summed E-state index contributed by atoms with van der Waals surface area (Å²) in [4.78, 5) is 4.42. The Kier molecular flexibility index (Phi) is 3.41. The lowest BCUT2D eigenvalue weighted by molar-refractivity contribution is 0.543. The number of furan rings is 1. The summed E-state index contributed by atoms with van der Waals surface area (Å²) in [5.41, 5.74) is 1.13. The molecule has 1 N–H and O–H groups in total. The summed E-state index contributed by atoms with van der Waals surface area (Å²) in [5.74, 6) is 0.510. The number of aryl methyl sites for hydroxylation is 1. The molecule has 1 aliphatic heterocycles. The molecule has 24 heavy (non-hydrogen) atoms. The van der Waals surface area contributed by atoms with Gasteiger partial charge in [0.05, 0.1) is 12.0 Å². The van der Waals surface area contributed by atoms with E-state index in [1.807, 2.05) is 13.0 Å². The third kappa shape index (κ3) is 2.47. The van der Waals surface area contributed by atoms with Crippen LogP contribution in [-0.2, 0) is 6.42 Å². The molecule has 0 saturated carbocycles. The number of aromatic nitrogens is 3. The minimum atomic E-state index is -0.631. The molecule has 0 saturated heterocycles. The smallest absolute Gasteiger partial charge is 0.226 e. The van der Waals surface area contributed by atoms with Gasteiger partial charge in [-0.15, -0.1) is 0 Å². The first-order chi connectivity index (χ1) is 11.6. The first kappa shape index (κ1) is 14.6. The molecule has 2 aromatic heterocycles. The highest BCUT2D eigenvalue weighted by Crippen LogP contribution is 2.33. The summed E-state index contributed by atoms with van der Waals surface area (Å²) in [7, 11) is 0. The molecule has 3 heterocycles. The van der Waals surface area contributed by atoms with E-state index < -0.39 is 17.7 Å². The number of nitrogens with one attached hydrogen (secondary N) is 1. The van der Waals surface area contributed by atoms with E-state index in [-0.39, 0.29) is 0 Å². The fourth-order valence-corrected chi connectivity index (χ4v) is 2.75. The predicted molar refractivity (Wildman–Crippen MR) is 84.2 cm³/mol. The maximum Gasteiger partial charge on any atom is 0.226 e. The first-order valence-electron chi connectivity index (χ1n) is 7.58. The maximum atomic E-state index is 13.7. The second-order valence-corrected chi connectivity index (χ2v) is 5.48. The van der Waals surface area contributed by atoms with Crippen LogP contribution in [0.3, 0.4) is 0 Å². The molecular formula is C17H14F2N4O. The van der Waals surface area contributed by atoms with Gasteiger partial charge in [0.1, 0.15) is 23.4 Å². The number of allylic oxidation sites excluding steroid dienone is 1. The average Bonchev–Trinajstić information content (AvgIpc) is 3.21. The molecule has 1 aliphatic rings. The topological polar surface area (TPSA) is 55.9 Å². The van der Waals surface area contributed by atoms with Gasteiger partial charge in [0.2, 0.25) is 5.95 Å². The molecule has 5 nitrogen and oxygen atoms in total. The quantitative estimate of drug-likeness (QED) is 0.795. The van der Waals surface area contributed by atoms with Gasteiger partial charge < -0.3 is 9.73 Å². The SMILES string of the molecule is CCc1nc2n(n1)C(c1cc(F)cc(F)c1)C=C(c1ccco1)N2. The first-order valence-corrected chi connectivity index (χ1v) is 7.58. The molecule has 4 rings (SSSR count). The number of hydrogen-bond acceptors (Lipinski definition) is 4. The number of halogens is 2. The molecule has 0 amide bonds. The van der Waals surface area contributed by atoms with E-state index in [4.69, 9.17) is 4.42 Å². The van der Waals surface area contributed by atoms with E-state index in [2.05, 4.69) is 15.4 Å². The number of nitrogens with zero attached hydrogens (tertiary/aromatic N) is 3. The van der Waals surface area contributed by atoms with Crippen molar-refractivity contribution in [2.75, 3.05) is 5.32 Å². The highest BCUT2D eigenvalue weighted by Gasteiger charge is 2.26. The fourth-order valence-electron chi connectivity index (χ4n) is 2.75. The molecule has 3 aromatic rings. The van der Waals surface area contributed by atoms with Gasteiger partial charge in [0.15, 0.2) is 5.82 Å². The van der Waals surface area contributed by atoms with Gasteiger partial charge in [-0.1, -0.05) is 6.92 Å². The molecule has 0 spiro atoms. The molecule has 0 aliphatic carbocycles. The Morgan fingerprint density at radius 2 is 2.04 bits per heavy atom. The highest BCUT2D eigenvalue weighted by molar-refractivity contribution is 5.74. The summed E-state index contributed by atoms with van der Waals surface area (Å²) in [5, 5.41) is 7.58. The van der Waals surface area contributed by atoms with E-state index in [1.54, 1.807) is 23.1 Å². The Labute approximate surface area is 136 Å². The van der Waals surface area contributed by atoms with Gasteiger partial charge in [0, 0.05) is 12.5 Å². The zero-order chi connectivity index (χ0) is 16.7. The molecule has 7 heteroatoms. The van der Waals surface area contributed by atoms with E-state index in [9.17, 15) is 8.78 Å². The lowest BCUT2D eigenvalue weighted by Gasteiger charge is -2.23. The second-order valence-electron chi connectivity index (χ2n) is 5.48. The molecule has 1 aromatic carbocycles. The largest absolute Gasteiger partial charge is 0.463 e. The van der Waals surface area contributed by atoms with Crippen molar-refractivity contribution in [2.45, 2.75) is 19.4 Å². The van der Waals surface area contributed by atoms with Crippen LogP contribution in [0.4, 0.5) is 14.7 Å². The molecule has 1 atom stereocenters. The summed E-state index contributed by atoms with van der Waals surface area (Å²) >= 11 is 0. The minimum absolute atomic E-state index is 0.451. The summed E-state index contributed by atoms with van der Waals surface area (Å²) < 4.78 is 34.4. The highest BCUT2D eigenvalue weighted by atomic mass is 19.1. The van der Waals surface area contributed by atoms with Crippen molar-refractivity contribution in [3.63, 3.8) is 0 Å². The van der Waals surface area contributed by atoms with Gasteiger partial charge in [-0.3, -0.25) is 0 Å². The zero-order valence-corrected chi connectivity index (χ0v) is 12.8. The van der Waals surface area contributed by atoms with Crippen LogP contribution >= 0.6 is 0 Å². The number of hydrogen-bond donors (Lipinski definition) is 1. The van der Waals surface area contributed by atoms with Crippen LogP contribution in [-0.4, -0.2) is 14.8 Å². The monoisotopic (exact) mass is 328 g/mol. The lowest BCUT2D eigenvalue weighted by Crippen LogP contribution is -2.20. The zero-order valence-electron chi connectivity index (χ0n) is 12.8. The molecule has 0 bridgehead atoms. The van der Waals surface area contributed by atoms with Crippen LogP contribution in [0.5, 0.6) is 0 Å². The normalized spacial score (nSPS) is 16.5. The molecule has 0 fully saturated rings. The van der Waals surface area contributed by atoms with Crippen molar-refractivity contribution in [1.29, 1.82) is 0 Å². The Morgan fingerprint density at radius 1 is 1.25 bits per heavy atom. The second kappa shape index (κ2) is 5.59. The van der Waals surface area contributed by atoms with Crippen molar-refractivity contribution in [2.24, 2.45) is 0 Å². The fraction of sp³-hybridized carbons (Fsp3) is 0.176. The third-order valence-corrected chi connectivity index (χ3v) is 3.84. The average molecular weight is 328 g/mol. The van der Waals surface area contributed by atoms with Crippen molar-refractivity contribution in [3.05, 3.63) is 71.5 Å². The lowest BCUT2D eigenvalue weighted by atomic mass is 10.0. The van der Waals surface area contributed by atoms with Gasteiger partial charge in [-0.2, -0.15) is 10.1 Å². The number of fused-ring (bicyclic) bond motifs is 1. The Bertz CT molecular complexity index is 895. The van der Waals surface area contributed by atoms with Gasteiger partial charge in [0.25, 0.3) is 0 Å². The molecule has 1 unspecified atom stereocenters. The van der Waals surface area contributed by atoms with E-state index in [0.29, 0.717) is 35.2 Å². The van der Waals surface area contributed by atoms with Crippen molar-refractivity contribution >= 4 is 11.6 Å². The summed E-state index contributed by atoms with van der Waals surface area (Å²) in [6.45, 7) is 1.94. The Hall–Kier alpha value is -2.96. The number of rotatable bonds is 3. The van der Waals surface area contributed by atoms with E-state index in [1.165, 1.54) is 12.1 Å². The predicted octanol–water partition coefficient (Wildman–Crippen LogP) is 3.77. The van der Waals surface area contributed by atoms with Crippen LogP contribution in [0.1, 0.15) is 30.1 Å². The van der Waals surface area contributed by atoms with E-state index in [0.717, 1.165) is 6.07 Å². The van der Waals surface area contributed by atoms with Crippen LogP contribution in [0, 0.1) is 11.6 Å². The van der Waals surface area contributed by atoms with Crippen LogP contribution in [0.25, 0.3) is 5.70 Å². The van der Waals surface area contributed by atoms with Gasteiger partial charge in [-0.25, -0.2) is 13.5 Å². The minimum Gasteiger partial charge on any atom is -0.463 e. The number of benzene rings is 1. The van der Waals surface area contributed by atoms with Gasteiger partial charge >= 0.3 is 0 Å². The maximum absolute atomic E-state index is 13.7. The standard InChI is InChI=1S/C17H14F2N4O/c1-2-16-21-17-20-13(15-4-3-5-24-15)9-14(23(17)22-16)10-6-11(18)8-12(19)7-10/h3-9,14H,2H2,1H3,(H,20,21,22). The van der Waals surface area contributed by atoms with Crippen molar-refractivity contribution < 1.29 is 13.2 Å². The van der Waals surface area contributed by atoms with Crippen LogP contribution in [0.15, 0.2) is 47.1 Å². The third-order valence-electron chi connectivity index (χ3n) is 3.84. The van der Waals surface area contributed by atoms with Crippen LogP contribution in [0.2, 0.25) is 0 Å². The molecule has 0 radical (unpaired) electrons. The summed E-state index contributed by atoms with van der Waals surface area (Å²) in [6, 6.07) is 6.53. The summed E-state index contributed by atoms with van der Waals surface area (Å²) in [6.07, 6.45) is 4.03. The Morgan fingerprint density at radius 3 is 2.71 bits per heavy atom. The molecular weight excluding hydrogens is 314 g/mol.